The van der Waals surface area contributed by atoms with Crippen molar-refractivity contribution in [3.63, 3.8) is 0 Å². The molecule has 0 bridgehead atoms. The monoisotopic (exact) mass is 270 g/mol. The molecule has 1 aromatic heterocycles. The zero-order chi connectivity index (χ0) is 13.8. The van der Waals surface area contributed by atoms with Crippen LogP contribution in [-0.2, 0) is 9.53 Å². The second kappa shape index (κ2) is 5.77. The fourth-order valence-electron chi connectivity index (χ4n) is 1.15. The number of carbonyl (C=O) groups excluding carboxylic acids is 1. The van der Waals surface area contributed by atoms with E-state index in [1.807, 2.05) is 0 Å². The highest BCUT2D eigenvalue weighted by molar-refractivity contribution is 6.28. The molecule has 0 aromatic carbocycles. The number of esters is 1. The summed E-state index contributed by atoms with van der Waals surface area (Å²) < 4.78 is 5.13. The molecule has 0 aliphatic carbocycles. The Kier molecular flexibility index (Phi) is 4.61. The van der Waals surface area contributed by atoms with Gasteiger partial charge in [-0.2, -0.15) is 0 Å². The molecule has 0 aliphatic rings. The minimum Gasteiger partial charge on any atom is -0.459 e. The lowest BCUT2D eigenvalue weighted by molar-refractivity contribution is -0.152. The zero-order valence-corrected chi connectivity index (χ0v) is 11.2. The highest BCUT2D eigenvalue weighted by Crippen LogP contribution is 2.12. The first-order valence-corrected chi connectivity index (χ1v) is 5.68. The van der Waals surface area contributed by atoms with E-state index < -0.39 is 11.6 Å². The van der Waals surface area contributed by atoms with Gasteiger partial charge >= 0.3 is 5.97 Å². The molecule has 0 saturated carbocycles. The number of carbonyl (C=O) groups is 1. The van der Waals surface area contributed by atoms with Crippen molar-refractivity contribution in [3.8, 4) is 0 Å². The number of hydrogen-bond donors (Lipinski definition) is 2. The Morgan fingerprint density at radius 2 is 2.28 bits per heavy atom. The van der Waals surface area contributed by atoms with Crippen LogP contribution in [0.5, 0.6) is 0 Å². The number of nitrogens with one attached hydrogen (secondary N) is 2. The van der Waals surface area contributed by atoms with Crippen molar-refractivity contribution in [1.29, 1.82) is 5.41 Å². The van der Waals surface area contributed by atoms with Crippen molar-refractivity contribution in [2.75, 3.05) is 11.9 Å². The first kappa shape index (κ1) is 14.4. The number of anilines is 1. The third-order valence-electron chi connectivity index (χ3n) is 1.76. The fraction of sp³-hybridized carbons (Fsp3) is 0.455. The quantitative estimate of drug-likeness (QED) is 0.495. The Morgan fingerprint density at radius 3 is 2.83 bits per heavy atom. The largest absolute Gasteiger partial charge is 0.459 e. The second-order valence-corrected chi connectivity index (χ2v) is 4.87. The summed E-state index contributed by atoms with van der Waals surface area (Å²) in [6.45, 7) is 5.31. The van der Waals surface area contributed by atoms with Gasteiger partial charge in [0, 0.05) is 12.4 Å². The number of ether oxygens (including phenoxy) is 1. The third-order valence-corrected chi connectivity index (χ3v) is 1.95. The van der Waals surface area contributed by atoms with Crippen molar-refractivity contribution in [2.24, 2.45) is 0 Å². The van der Waals surface area contributed by atoms with E-state index in [-0.39, 0.29) is 11.8 Å². The molecule has 0 amide bonds. The van der Waals surface area contributed by atoms with Gasteiger partial charge in [0.2, 0.25) is 5.28 Å². The van der Waals surface area contributed by atoms with Gasteiger partial charge in [0.05, 0.1) is 5.56 Å². The molecule has 0 fully saturated rings. The molecule has 2 N–H and O–H groups in total. The topological polar surface area (TPSA) is 88.0 Å². The molecule has 7 heteroatoms. The van der Waals surface area contributed by atoms with E-state index in [1.54, 1.807) is 20.8 Å². The summed E-state index contributed by atoms with van der Waals surface area (Å²) in [5.41, 5.74) is -0.0881. The number of halogens is 1. The van der Waals surface area contributed by atoms with Crippen molar-refractivity contribution in [2.45, 2.75) is 26.4 Å². The summed E-state index contributed by atoms with van der Waals surface area (Å²) in [5, 5.41) is 10.00. The van der Waals surface area contributed by atoms with Crippen LogP contribution in [0.15, 0.2) is 6.20 Å². The normalized spacial score (nSPS) is 10.9. The Balaban J connectivity index is 2.66. The molecule has 6 nitrogen and oxygen atoms in total. The van der Waals surface area contributed by atoms with E-state index in [4.69, 9.17) is 21.7 Å². The number of aromatic nitrogens is 2. The maximum atomic E-state index is 11.5. The Bertz CT molecular complexity index is 457. The van der Waals surface area contributed by atoms with Gasteiger partial charge in [-0.1, -0.05) is 0 Å². The summed E-state index contributed by atoms with van der Waals surface area (Å²) in [4.78, 5) is 19.1. The number of hydrogen-bond acceptors (Lipinski definition) is 6. The molecule has 1 aromatic rings. The van der Waals surface area contributed by atoms with Gasteiger partial charge in [-0.3, -0.25) is 4.79 Å². The average molecular weight is 271 g/mol. The highest BCUT2D eigenvalue weighted by atomic mass is 35.5. The minimum atomic E-state index is -0.535. The summed E-state index contributed by atoms with van der Waals surface area (Å²) in [5.74, 6) is -0.0796. The lowest BCUT2D eigenvalue weighted by atomic mass is 10.2. The smallest absolute Gasteiger partial charge is 0.325 e. The zero-order valence-electron chi connectivity index (χ0n) is 10.5. The summed E-state index contributed by atoms with van der Waals surface area (Å²) in [6.07, 6.45) is 2.48. The van der Waals surface area contributed by atoms with E-state index in [2.05, 4.69) is 15.3 Å². The predicted octanol–water partition coefficient (Wildman–Crippen LogP) is 1.88. The van der Waals surface area contributed by atoms with Crippen LogP contribution in [0.25, 0.3) is 0 Å². The van der Waals surface area contributed by atoms with Crippen molar-refractivity contribution >= 4 is 29.6 Å². The van der Waals surface area contributed by atoms with Gasteiger partial charge in [0.25, 0.3) is 0 Å². The van der Waals surface area contributed by atoms with Crippen LogP contribution >= 0.6 is 11.6 Å². The van der Waals surface area contributed by atoms with Crippen LogP contribution in [0, 0.1) is 5.41 Å². The van der Waals surface area contributed by atoms with E-state index >= 15 is 0 Å². The standard InChI is InChI=1S/C11H15ClN4O2/c1-11(2,3)18-8(17)6-14-9-7(4-13)5-15-10(12)16-9/h4-5,13H,6H2,1-3H3,(H,14,15,16). The van der Waals surface area contributed by atoms with Crippen LogP contribution < -0.4 is 5.32 Å². The first-order valence-electron chi connectivity index (χ1n) is 5.30. The molecule has 0 atom stereocenters. The maximum absolute atomic E-state index is 11.5. The van der Waals surface area contributed by atoms with Crippen LogP contribution in [-0.4, -0.2) is 34.3 Å². The van der Waals surface area contributed by atoms with E-state index in [0.717, 1.165) is 6.21 Å². The molecule has 1 heterocycles. The maximum Gasteiger partial charge on any atom is 0.325 e. The molecule has 0 unspecified atom stereocenters. The van der Waals surface area contributed by atoms with E-state index in [1.165, 1.54) is 6.20 Å². The predicted molar refractivity (Wildman–Crippen MR) is 69.3 cm³/mol. The molecule has 0 radical (unpaired) electrons. The van der Waals surface area contributed by atoms with Gasteiger partial charge in [-0.05, 0) is 32.4 Å². The lowest BCUT2D eigenvalue weighted by Crippen LogP contribution is -2.28. The average Bonchev–Trinajstić information content (AvgIpc) is 2.24. The molecule has 18 heavy (non-hydrogen) atoms. The molecule has 1 rings (SSSR count). The van der Waals surface area contributed by atoms with Crippen LogP contribution in [0.4, 0.5) is 5.82 Å². The summed E-state index contributed by atoms with van der Waals surface area (Å²) in [6, 6.07) is 0. The Morgan fingerprint density at radius 1 is 1.61 bits per heavy atom. The highest BCUT2D eigenvalue weighted by Gasteiger charge is 2.16. The van der Waals surface area contributed by atoms with E-state index in [9.17, 15) is 4.79 Å². The molecule has 98 valence electrons. The molecule has 0 spiro atoms. The Labute approximate surface area is 110 Å². The first-order chi connectivity index (χ1) is 8.31. The lowest BCUT2D eigenvalue weighted by Gasteiger charge is -2.19. The van der Waals surface area contributed by atoms with Gasteiger partial charge in [-0.15, -0.1) is 0 Å². The second-order valence-electron chi connectivity index (χ2n) is 4.53. The van der Waals surface area contributed by atoms with Gasteiger partial charge in [0.1, 0.15) is 18.0 Å². The van der Waals surface area contributed by atoms with Crippen molar-refractivity contribution < 1.29 is 9.53 Å². The molecular formula is C11H15ClN4O2. The van der Waals surface area contributed by atoms with Crippen molar-refractivity contribution in [1.82, 2.24) is 9.97 Å². The molecule has 0 saturated heterocycles. The number of rotatable bonds is 4. The molecular weight excluding hydrogens is 256 g/mol. The fourth-order valence-corrected chi connectivity index (χ4v) is 1.28. The minimum absolute atomic E-state index is 0.0484. The van der Waals surface area contributed by atoms with Gasteiger partial charge in [0.15, 0.2) is 0 Å². The van der Waals surface area contributed by atoms with Crippen LogP contribution in [0.3, 0.4) is 0 Å². The number of nitrogens with zero attached hydrogens (tertiary/aromatic N) is 2. The third kappa shape index (κ3) is 4.67. The summed E-state index contributed by atoms with van der Waals surface area (Å²) >= 11 is 5.64. The van der Waals surface area contributed by atoms with Gasteiger partial charge in [-0.25, -0.2) is 9.97 Å². The SMILES string of the molecule is CC(C)(C)OC(=O)CNc1nc(Cl)ncc1C=N. The van der Waals surface area contributed by atoms with Crippen molar-refractivity contribution in [3.05, 3.63) is 17.0 Å². The van der Waals surface area contributed by atoms with Crippen LogP contribution in [0.2, 0.25) is 5.28 Å². The van der Waals surface area contributed by atoms with Crippen LogP contribution in [0.1, 0.15) is 26.3 Å². The molecule has 0 aliphatic heterocycles. The Hall–Kier alpha value is -1.69. The van der Waals surface area contributed by atoms with Gasteiger partial charge < -0.3 is 15.5 Å². The van der Waals surface area contributed by atoms with E-state index in [0.29, 0.717) is 11.4 Å². The summed E-state index contributed by atoms with van der Waals surface area (Å²) in [7, 11) is 0.